The van der Waals surface area contributed by atoms with Gasteiger partial charge in [0.1, 0.15) is 0 Å². The van der Waals surface area contributed by atoms with Gasteiger partial charge in [0, 0.05) is 0 Å². The maximum absolute atomic E-state index is 12.3. The van der Waals surface area contributed by atoms with Crippen molar-refractivity contribution in [1.82, 2.24) is 5.43 Å². The minimum absolute atomic E-state index is 0.0447. The van der Waals surface area contributed by atoms with Crippen LogP contribution in [0.2, 0.25) is 0 Å². The molecule has 21 heavy (non-hydrogen) atoms. The van der Waals surface area contributed by atoms with E-state index in [9.17, 15) is 8.42 Å². The van der Waals surface area contributed by atoms with E-state index in [4.69, 9.17) is 5.53 Å². The van der Waals surface area contributed by atoms with E-state index < -0.39 is 15.0 Å². The van der Waals surface area contributed by atoms with Crippen LogP contribution in [-0.4, -0.2) is 18.4 Å². The fourth-order valence-corrected chi connectivity index (χ4v) is 2.63. The zero-order valence-corrected chi connectivity index (χ0v) is 12.1. The van der Waals surface area contributed by atoms with Crippen LogP contribution in [0.3, 0.4) is 0 Å². The molecule has 0 aromatic heterocycles. The molecule has 0 aliphatic heterocycles. The van der Waals surface area contributed by atoms with Crippen molar-refractivity contribution >= 4 is 20.7 Å². The highest BCUT2D eigenvalue weighted by Crippen LogP contribution is 2.12. The monoisotopic (exact) mass is 302 g/mol. The Hall–Kier alpha value is -2.63. The highest BCUT2D eigenvalue weighted by atomic mass is 32.2. The van der Waals surface area contributed by atoms with Gasteiger partial charge in [-0.15, -0.1) is 5.43 Å². The van der Waals surface area contributed by atoms with E-state index in [0.717, 1.165) is 5.56 Å². The van der Waals surface area contributed by atoms with Crippen LogP contribution in [0.4, 0.5) is 5.69 Å². The maximum atomic E-state index is 12.3. The molecule has 0 spiro atoms. The lowest BCUT2D eigenvalue weighted by Gasteiger charge is -2.04. The Labute approximate surface area is 122 Å². The predicted octanol–water partition coefficient (Wildman–Crippen LogP) is 1.97. The second-order valence-electron chi connectivity index (χ2n) is 4.34. The summed E-state index contributed by atoms with van der Waals surface area (Å²) in [6.45, 7) is 1.85. The average Bonchev–Trinajstić information content (AvgIpc) is 2.49. The van der Waals surface area contributed by atoms with Gasteiger partial charge in [-0.05, 0) is 31.2 Å². The molecular formula is C14H14N4O2S. The van der Waals surface area contributed by atoms with E-state index in [1.807, 2.05) is 13.0 Å². The number of amidine groups is 1. The standard InChI is InChI=1S/C14H14N4O2S/c1-11-7-9-13(10-8-11)21(19,20)14(16-15)18-17-12-5-3-2-4-6-12/h2-10,17-18H,1H3. The van der Waals surface area contributed by atoms with E-state index in [0.29, 0.717) is 5.69 Å². The number of sulfone groups is 1. The number of hydrogen-bond donors (Lipinski definition) is 2. The Morgan fingerprint density at radius 1 is 1.05 bits per heavy atom. The molecule has 0 bridgehead atoms. The van der Waals surface area contributed by atoms with Crippen molar-refractivity contribution in [2.75, 3.05) is 5.43 Å². The molecule has 0 radical (unpaired) electrons. The summed E-state index contributed by atoms with van der Waals surface area (Å²) in [5.74, 6) is 0. The van der Waals surface area contributed by atoms with E-state index in [1.54, 1.807) is 36.4 Å². The van der Waals surface area contributed by atoms with Crippen molar-refractivity contribution in [3.05, 3.63) is 65.7 Å². The van der Waals surface area contributed by atoms with Crippen molar-refractivity contribution in [2.45, 2.75) is 11.8 Å². The van der Waals surface area contributed by atoms with Crippen molar-refractivity contribution in [2.24, 2.45) is 0 Å². The van der Waals surface area contributed by atoms with Gasteiger partial charge in [-0.3, -0.25) is 4.79 Å². The molecule has 0 aliphatic carbocycles. The topological polar surface area (TPSA) is 94.6 Å². The molecule has 108 valence electrons. The van der Waals surface area contributed by atoms with Crippen LogP contribution in [-0.2, 0) is 9.84 Å². The molecule has 0 unspecified atom stereocenters. The molecule has 6 nitrogen and oxygen atoms in total. The van der Waals surface area contributed by atoms with Crippen LogP contribution >= 0.6 is 0 Å². The first kappa shape index (κ1) is 14.8. The Morgan fingerprint density at radius 2 is 1.67 bits per heavy atom. The molecule has 2 rings (SSSR count). The first-order chi connectivity index (χ1) is 10.0. The number of anilines is 1. The molecule has 7 heteroatoms. The van der Waals surface area contributed by atoms with Crippen molar-refractivity contribution in [3.8, 4) is 0 Å². The Balaban J connectivity index is 2.21. The first-order valence-electron chi connectivity index (χ1n) is 6.15. The van der Waals surface area contributed by atoms with Gasteiger partial charge in [-0.1, -0.05) is 35.9 Å². The highest BCUT2D eigenvalue weighted by Gasteiger charge is 2.29. The minimum atomic E-state index is -3.91. The van der Waals surface area contributed by atoms with E-state index >= 15 is 0 Å². The van der Waals surface area contributed by atoms with Crippen LogP contribution < -0.4 is 10.9 Å². The largest absolute Gasteiger partial charge is 0.496 e. The van der Waals surface area contributed by atoms with Gasteiger partial charge in [0.15, 0.2) is 0 Å². The number of aryl methyl sites for hydroxylation is 1. The zero-order chi connectivity index (χ0) is 15.3. The molecule has 2 aromatic rings. The molecule has 0 amide bonds. The second-order valence-corrected chi connectivity index (χ2v) is 6.20. The smallest absolute Gasteiger partial charge is 0.475 e. The number of hydrazine groups is 1. The summed E-state index contributed by atoms with van der Waals surface area (Å²) < 4.78 is 24.6. The first-order valence-corrected chi connectivity index (χ1v) is 7.63. The Kier molecular flexibility index (Phi) is 4.37. The number of para-hydroxylation sites is 1. The summed E-state index contributed by atoms with van der Waals surface area (Å²) in [5, 5.41) is -0.574. The number of rotatable bonds is 3. The van der Waals surface area contributed by atoms with Gasteiger partial charge < -0.3 is 5.53 Å². The second kappa shape index (κ2) is 6.21. The van der Waals surface area contributed by atoms with Gasteiger partial charge in [0.2, 0.25) is 0 Å². The lowest BCUT2D eigenvalue weighted by atomic mass is 10.2. The number of hydrogen-bond acceptors (Lipinski definition) is 3. The third-order valence-electron chi connectivity index (χ3n) is 2.76. The fraction of sp³-hybridized carbons (Fsp3) is 0.0714. The lowest BCUT2D eigenvalue weighted by molar-refractivity contribution is -0.00484. The Bertz CT molecular complexity index is 764. The summed E-state index contributed by atoms with van der Waals surface area (Å²) in [5.41, 5.74) is 15.6. The molecule has 0 aliphatic rings. The van der Waals surface area contributed by atoms with Crippen LogP contribution in [0.5, 0.6) is 0 Å². The Morgan fingerprint density at radius 3 is 2.24 bits per heavy atom. The number of nitrogens with zero attached hydrogens (tertiary/aromatic N) is 2. The molecule has 0 fully saturated rings. The van der Waals surface area contributed by atoms with Gasteiger partial charge in [0.05, 0.1) is 10.6 Å². The normalized spacial score (nSPS) is 10.5. The average molecular weight is 302 g/mol. The SMILES string of the molecule is Cc1ccc(S(=O)(=O)C(=[N+]=[N-])NNc2ccccc2)cc1. The van der Waals surface area contributed by atoms with Crippen LogP contribution in [0.1, 0.15) is 5.56 Å². The van der Waals surface area contributed by atoms with Gasteiger partial charge in [-0.25, -0.2) is 13.8 Å². The zero-order valence-electron chi connectivity index (χ0n) is 11.3. The van der Waals surface area contributed by atoms with Crippen LogP contribution in [0.25, 0.3) is 5.53 Å². The molecule has 2 aromatic carbocycles. The summed E-state index contributed by atoms with van der Waals surface area (Å²) in [4.78, 5) is 2.87. The quantitative estimate of drug-likeness (QED) is 0.298. The molecule has 2 N–H and O–H groups in total. The van der Waals surface area contributed by atoms with Crippen LogP contribution in [0.15, 0.2) is 59.5 Å². The molecule has 0 atom stereocenters. The summed E-state index contributed by atoms with van der Waals surface area (Å²) >= 11 is 0. The van der Waals surface area contributed by atoms with Gasteiger partial charge >= 0.3 is 5.17 Å². The third-order valence-corrected chi connectivity index (χ3v) is 4.35. The van der Waals surface area contributed by atoms with Crippen molar-refractivity contribution in [1.29, 1.82) is 0 Å². The fourth-order valence-electron chi connectivity index (χ4n) is 1.62. The minimum Gasteiger partial charge on any atom is -0.496 e. The summed E-state index contributed by atoms with van der Waals surface area (Å²) in [6, 6.07) is 15.1. The number of benzene rings is 2. The van der Waals surface area contributed by atoms with Crippen molar-refractivity contribution in [3.63, 3.8) is 0 Å². The van der Waals surface area contributed by atoms with Crippen molar-refractivity contribution < 1.29 is 13.2 Å². The van der Waals surface area contributed by atoms with Gasteiger partial charge in [-0.2, -0.15) is 0 Å². The number of nitrogens with one attached hydrogen (secondary N) is 2. The van der Waals surface area contributed by atoms with E-state index in [2.05, 4.69) is 15.6 Å². The molecule has 0 saturated heterocycles. The van der Waals surface area contributed by atoms with E-state index in [1.165, 1.54) is 12.1 Å². The maximum Gasteiger partial charge on any atom is 0.475 e. The predicted molar refractivity (Wildman–Crippen MR) is 80.2 cm³/mol. The summed E-state index contributed by atoms with van der Waals surface area (Å²) in [7, 11) is -3.91. The lowest BCUT2D eigenvalue weighted by Crippen LogP contribution is -2.36. The van der Waals surface area contributed by atoms with E-state index in [-0.39, 0.29) is 4.90 Å². The molecule has 0 saturated carbocycles. The van der Waals surface area contributed by atoms with Crippen LogP contribution in [0, 0.1) is 6.92 Å². The third kappa shape index (κ3) is 3.47. The molecular weight excluding hydrogens is 288 g/mol. The summed E-state index contributed by atoms with van der Waals surface area (Å²) in [6.07, 6.45) is 0. The highest BCUT2D eigenvalue weighted by molar-refractivity contribution is 8.06. The molecule has 0 heterocycles. The van der Waals surface area contributed by atoms with Gasteiger partial charge in [0.25, 0.3) is 9.84 Å².